The van der Waals surface area contributed by atoms with Crippen molar-refractivity contribution in [2.24, 2.45) is 11.3 Å². The van der Waals surface area contributed by atoms with Crippen molar-refractivity contribution in [2.75, 3.05) is 26.2 Å². The number of likely N-dealkylation sites (tertiary alicyclic amines) is 1. The lowest BCUT2D eigenvalue weighted by Gasteiger charge is -2.43. The van der Waals surface area contributed by atoms with Crippen molar-refractivity contribution in [3.8, 4) is 5.75 Å². The first-order valence-electron chi connectivity index (χ1n) is 9.84. The molecule has 2 rings (SSSR count). The Kier molecular flexibility index (Phi) is 7.83. The lowest BCUT2D eigenvalue weighted by atomic mass is 9.73. The number of hydrogen-bond donors (Lipinski definition) is 3. The van der Waals surface area contributed by atoms with Gasteiger partial charge in [-0.3, -0.25) is 4.79 Å². The van der Waals surface area contributed by atoms with Gasteiger partial charge in [-0.25, -0.2) is 4.79 Å². The van der Waals surface area contributed by atoms with Crippen molar-refractivity contribution in [2.45, 2.75) is 45.6 Å². The number of aliphatic carboxylic acids is 1. The third-order valence-corrected chi connectivity index (χ3v) is 5.44. The molecule has 1 aromatic rings. The Morgan fingerprint density at radius 2 is 1.93 bits per heavy atom. The van der Waals surface area contributed by atoms with Crippen LogP contribution in [0.5, 0.6) is 5.75 Å². The lowest BCUT2D eigenvalue weighted by molar-refractivity contribution is -0.164. The van der Waals surface area contributed by atoms with Crippen molar-refractivity contribution < 1.29 is 29.6 Å². The average molecular weight is 393 g/mol. The number of carboxylic acids is 2. The van der Waals surface area contributed by atoms with Crippen molar-refractivity contribution in [3.63, 3.8) is 0 Å². The summed E-state index contributed by atoms with van der Waals surface area (Å²) in [7, 11) is 0. The Morgan fingerprint density at radius 1 is 1.25 bits per heavy atom. The number of hydrogen-bond acceptors (Lipinski definition) is 5. The summed E-state index contributed by atoms with van der Waals surface area (Å²) >= 11 is 0. The van der Waals surface area contributed by atoms with Gasteiger partial charge in [0.2, 0.25) is 0 Å². The minimum Gasteiger partial charge on any atom is -0.494 e. The van der Waals surface area contributed by atoms with E-state index in [0.29, 0.717) is 50.8 Å². The third-order valence-electron chi connectivity index (χ3n) is 5.44. The fourth-order valence-electron chi connectivity index (χ4n) is 3.64. The first kappa shape index (κ1) is 22.2. The zero-order chi connectivity index (χ0) is 20.7. The molecule has 0 spiro atoms. The van der Waals surface area contributed by atoms with Crippen LogP contribution in [0.1, 0.15) is 49.9 Å². The minimum absolute atomic E-state index is 0.214. The van der Waals surface area contributed by atoms with Gasteiger partial charge >= 0.3 is 11.9 Å². The molecular weight excluding hydrogens is 362 g/mol. The Bertz CT molecular complexity index is 659. The standard InChI is InChI=1S/C21H31NO6/c1-15(2)8-10-21(20(26)27)14-22(12-9-18(21)23)11-3-13-28-17-6-4-16(5-7-17)19(24)25/h4-7,15,18,23H,3,8-14H2,1-2H3,(H,24,25)(H,26,27)/t18-,21-/m1/s1. The number of ether oxygens (including phenoxy) is 1. The molecule has 28 heavy (non-hydrogen) atoms. The summed E-state index contributed by atoms with van der Waals surface area (Å²) in [6.07, 6.45) is 1.61. The molecule has 0 aliphatic carbocycles. The van der Waals surface area contributed by atoms with E-state index in [2.05, 4.69) is 18.7 Å². The van der Waals surface area contributed by atoms with E-state index in [4.69, 9.17) is 9.84 Å². The van der Waals surface area contributed by atoms with Crippen LogP contribution < -0.4 is 4.74 Å². The average Bonchev–Trinajstić information content (AvgIpc) is 2.65. The third kappa shape index (κ3) is 5.69. The molecule has 1 aliphatic heterocycles. The molecule has 0 amide bonds. The van der Waals surface area contributed by atoms with Gasteiger partial charge in [-0.2, -0.15) is 0 Å². The van der Waals surface area contributed by atoms with Crippen molar-refractivity contribution in [1.82, 2.24) is 4.90 Å². The first-order valence-corrected chi connectivity index (χ1v) is 9.84. The molecule has 7 nitrogen and oxygen atoms in total. The van der Waals surface area contributed by atoms with E-state index in [9.17, 15) is 19.8 Å². The van der Waals surface area contributed by atoms with Gasteiger partial charge in [0.15, 0.2) is 0 Å². The Hall–Kier alpha value is -2.12. The van der Waals surface area contributed by atoms with Gasteiger partial charge in [0.1, 0.15) is 11.2 Å². The van der Waals surface area contributed by atoms with E-state index in [1.165, 1.54) is 12.1 Å². The maximum Gasteiger partial charge on any atom is 0.335 e. The molecule has 0 saturated carbocycles. The Labute approximate surface area is 165 Å². The number of aromatic carboxylic acids is 1. The predicted octanol–water partition coefficient (Wildman–Crippen LogP) is 2.73. The minimum atomic E-state index is -1.10. The molecular formula is C21H31NO6. The normalized spacial score (nSPS) is 22.9. The Morgan fingerprint density at radius 3 is 2.50 bits per heavy atom. The van der Waals surface area contributed by atoms with Gasteiger partial charge in [-0.15, -0.1) is 0 Å². The first-order chi connectivity index (χ1) is 13.2. The molecule has 1 aliphatic rings. The number of piperidine rings is 1. The molecule has 156 valence electrons. The van der Waals surface area contributed by atoms with Gasteiger partial charge in [0, 0.05) is 19.6 Å². The van der Waals surface area contributed by atoms with E-state index in [0.717, 1.165) is 12.8 Å². The summed E-state index contributed by atoms with van der Waals surface area (Å²) in [5.41, 5.74) is -0.888. The van der Waals surface area contributed by atoms with Crippen LogP contribution in [-0.4, -0.2) is 64.5 Å². The monoisotopic (exact) mass is 393 g/mol. The number of rotatable bonds is 10. The summed E-state index contributed by atoms with van der Waals surface area (Å²) in [5.74, 6) is -0.895. The predicted molar refractivity (Wildman–Crippen MR) is 105 cm³/mol. The van der Waals surface area contributed by atoms with Crippen LogP contribution in [0.4, 0.5) is 0 Å². The second-order valence-corrected chi connectivity index (χ2v) is 8.01. The molecule has 0 unspecified atom stereocenters. The van der Waals surface area contributed by atoms with Gasteiger partial charge in [0.05, 0.1) is 18.3 Å². The van der Waals surface area contributed by atoms with Gasteiger partial charge in [-0.1, -0.05) is 13.8 Å². The lowest BCUT2D eigenvalue weighted by Crippen LogP contribution is -2.56. The highest BCUT2D eigenvalue weighted by molar-refractivity contribution is 5.87. The fourth-order valence-corrected chi connectivity index (χ4v) is 3.64. The number of carboxylic acid groups (broad SMARTS) is 2. The van der Waals surface area contributed by atoms with Gasteiger partial charge < -0.3 is 25.0 Å². The zero-order valence-corrected chi connectivity index (χ0v) is 16.6. The van der Waals surface area contributed by atoms with E-state index in [1.54, 1.807) is 12.1 Å². The molecule has 0 bridgehead atoms. The van der Waals surface area contributed by atoms with Gasteiger partial charge in [0.25, 0.3) is 0 Å². The highest BCUT2D eigenvalue weighted by Crippen LogP contribution is 2.36. The second-order valence-electron chi connectivity index (χ2n) is 8.01. The quantitative estimate of drug-likeness (QED) is 0.525. The van der Waals surface area contributed by atoms with Crippen molar-refractivity contribution >= 4 is 11.9 Å². The molecule has 1 heterocycles. The number of aliphatic hydroxyl groups excluding tert-OH is 1. The fraction of sp³-hybridized carbons (Fsp3) is 0.619. The molecule has 1 aromatic carbocycles. The van der Waals surface area contributed by atoms with Crippen LogP contribution in [-0.2, 0) is 4.79 Å². The highest BCUT2D eigenvalue weighted by Gasteiger charge is 2.48. The molecule has 0 radical (unpaired) electrons. The molecule has 3 N–H and O–H groups in total. The molecule has 0 aromatic heterocycles. The van der Waals surface area contributed by atoms with E-state index >= 15 is 0 Å². The van der Waals surface area contributed by atoms with Crippen LogP contribution in [0.25, 0.3) is 0 Å². The van der Waals surface area contributed by atoms with Crippen molar-refractivity contribution in [1.29, 1.82) is 0 Å². The molecule has 7 heteroatoms. The van der Waals surface area contributed by atoms with E-state index in [1.807, 2.05) is 0 Å². The topological polar surface area (TPSA) is 107 Å². The van der Waals surface area contributed by atoms with Crippen LogP contribution in [0.2, 0.25) is 0 Å². The highest BCUT2D eigenvalue weighted by atomic mass is 16.5. The summed E-state index contributed by atoms with van der Waals surface area (Å²) in [6, 6.07) is 6.25. The summed E-state index contributed by atoms with van der Waals surface area (Å²) in [6.45, 7) is 6.29. The number of aliphatic hydroxyl groups is 1. The van der Waals surface area contributed by atoms with Crippen LogP contribution >= 0.6 is 0 Å². The number of carbonyl (C=O) groups is 2. The second kappa shape index (κ2) is 9.89. The summed E-state index contributed by atoms with van der Waals surface area (Å²) in [4.78, 5) is 24.9. The molecule has 1 fully saturated rings. The summed E-state index contributed by atoms with van der Waals surface area (Å²) in [5, 5.41) is 29.1. The van der Waals surface area contributed by atoms with Crippen molar-refractivity contribution in [3.05, 3.63) is 29.8 Å². The van der Waals surface area contributed by atoms with E-state index < -0.39 is 23.5 Å². The Balaban J connectivity index is 1.84. The molecule has 1 saturated heterocycles. The molecule has 2 atom stereocenters. The SMILES string of the molecule is CC(C)CC[C@@]1(C(=O)O)CN(CCCOc2ccc(C(=O)O)cc2)CC[C@H]1O. The van der Waals surface area contributed by atoms with Crippen LogP contribution in [0, 0.1) is 11.3 Å². The number of nitrogens with zero attached hydrogens (tertiary/aromatic N) is 1. The van der Waals surface area contributed by atoms with E-state index in [-0.39, 0.29) is 5.56 Å². The number of benzene rings is 1. The van der Waals surface area contributed by atoms with Crippen LogP contribution in [0.15, 0.2) is 24.3 Å². The maximum absolute atomic E-state index is 12.0. The van der Waals surface area contributed by atoms with Crippen LogP contribution in [0.3, 0.4) is 0 Å². The van der Waals surface area contributed by atoms with Gasteiger partial charge in [-0.05, 0) is 55.9 Å². The summed E-state index contributed by atoms with van der Waals surface area (Å²) < 4.78 is 5.65. The maximum atomic E-state index is 12.0. The largest absolute Gasteiger partial charge is 0.494 e. The smallest absolute Gasteiger partial charge is 0.335 e. The zero-order valence-electron chi connectivity index (χ0n) is 16.6.